The molecule has 3 heterocycles. The SMILES string of the molecule is CCCCCCCCCc1c2[n+](cc3c(OC(=O)CCC)c(OC)ccc13)CCc1cc3c(cc1-2)OCO3. The predicted molar refractivity (Wildman–Crippen MR) is 148 cm³/mol. The number of rotatable bonds is 12. The van der Waals surface area contributed by atoms with Crippen molar-refractivity contribution in [2.24, 2.45) is 0 Å². The molecule has 2 aliphatic heterocycles. The first kappa shape index (κ1) is 26.3. The van der Waals surface area contributed by atoms with Gasteiger partial charge >= 0.3 is 5.97 Å². The molecule has 0 atom stereocenters. The summed E-state index contributed by atoms with van der Waals surface area (Å²) >= 11 is 0. The summed E-state index contributed by atoms with van der Waals surface area (Å²) in [5.74, 6) is 2.53. The van der Waals surface area contributed by atoms with Crippen molar-refractivity contribution in [3.05, 3.63) is 41.6 Å². The van der Waals surface area contributed by atoms with E-state index in [2.05, 4.69) is 35.9 Å². The Morgan fingerprint density at radius 1 is 0.947 bits per heavy atom. The second-order valence-electron chi connectivity index (χ2n) is 10.4. The summed E-state index contributed by atoms with van der Waals surface area (Å²) < 4.78 is 25.4. The van der Waals surface area contributed by atoms with Gasteiger partial charge in [0.25, 0.3) is 0 Å². The molecule has 0 N–H and O–H groups in total. The van der Waals surface area contributed by atoms with E-state index in [0.717, 1.165) is 54.5 Å². The number of aromatic nitrogens is 1. The molecule has 1 aromatic heterocycles. The molecule has 0 bridgehead atoms. The maximum atomic E-state index is 12.6. The van der Waals surface area contributed by atoms with Crippen molar-refractivity contribution in [1.82, 2.24) is 0 Å². The van der Waals surface area contributed by atoms with E-state index < -0.39 is 0 Å². The van der Waals surface area contributed by atoms with E-state index in [9.17, 15) is 4.79 Å². The Labute approximate surface area is 225 Å². The largest absolute Gasteiger partial charge is 0.493 e. The van der Waals surface area contributed by atoms with Gasteiger partial charge in [-0.15, -0.1) is 0 Å². The van der Waals surface area contributed by atoms with Crippen LogP contribution in [0.4, 0.5) is 0 Å². The summed E-state index contributed by atoms with van der Waals surface area (Å²) in [6, 6.07) is 8.36. The predicted octanol–water partition coefficient (Wildman–Crippen LogP) is 7.09. The molecular formula is C32H40NO5+. The molecule has 0 aliphatic carbocycles. The average molecular weight is 519 g/mol. The van der Waals surface area contributed by atoms with Crippen molar-refractivity contribution in [2.45, 2.75) is 91.0 Å². The highest BCUT2D eigenvalue weighted by Gasteiger charge is 2.32. The molecule has 5 rings (SSSR count). The van der Waals surface area contributed by atoms with E-state index in [0.29, 0.717) is 17.9 Å². The van der Waals surface area contributed by atoms with Gasteiger partial charge in [-0.1, -0.05) is 52.4 Å². The second-order valence-corrected chi connectivity index (χ2v) is 10.4. The number of hydrogen-bond acceptors (Lipinski definition) is 5. The highest BCUT2D eigenvalue weighted by Crippen LogP contribution is 2.44. The van der Waals surface area contributed by atoms with Gasteiger partial charge in [0.2, 0.25) is 12.5 Å². The lowest BCUT2D eigenvalue weighted by molar-refractivity contribution is -0.686. The van der Waals surface area contributed by atoms with Gasteiger partial charge in [0, 0.05) is 23.8 Å². The number of benzene rings is 2. The number of nitrogens with zero attached hydrogens (tertiary/aromatic N) is 1. The fraction of sp³-hybridized carbons (Fsp3) is 0.500. The summed E-state index contributed by atoms with van der Waals surface area (Å²) in [5, 5.41) is 2.05. The van der Waals surface area contributed by atoms with Gasteiger partial charge in [-0.3, -0.25) is 4.79 Å². The second kappa shape index (κ2) is 12.1. The average Bonchev–Trinajstić information content (AvgIpc) is 3.38. The zero-order valence-electron chi connectivity index (χ0n) is 23.1. The number of unbranched alkanes of at least 4 members (excludes halogenated alkanes) is 6. The topological polar surface area (TPSA) is 57.9 Å². The van der Waals surface area contributed by atoms with Crippen LogP contribution in [0.3, 0.4) is 0 Å². The number of hydrogen-bond donors (Lipinski definition) is 0. The van der Waals surface area contributed by atoms with Crippen LogP contribution in [0.5, 0.6) is 23.0 Å². The zero-order valence-corrected chi connectivity index (χ0v) is 23.1. The van der Waals surface area contributed by atoms with E-state index in [-0.39, 0.29) is 12.8 Å². The zero-order chi connectivity index (χ0) is 26.5. The fourth-order valence-electron chi connectivity index (χ4n) is 5.78. The van der Waals surface area contributed by atoms with Crippen molar-refractivity contribution in [3.8, 4) is 34.3 Å². The smallest absolute Gasteiger partial charge is 0.311 e. The molecule has 2 aromatic carbocycles. The lowest BCUT2D eigenvalue weighted by atomic mass is 9.89. The molecule has 0 radical (unpaired) electrons. The molecule has 0 amide bonds. The highest BCUT2D eigenvalue weighted by atomic mass is 16.7. The number of methoxy groups -OCH3 is 1. The third kappa shape index (κ3) is 5.31. The Balaban J connectivity index is 1.59. The monoisotopic (exact) mass is 518 g/mol. The van der Waals surface area contributed by atoms with Crippen LogP contribution in [0.15, 0.2) is 30.5 Å². The molecule has 38 heavy (non-hydrogen) atoms. The molecular weight excluding hydrogens is 478 g/mol. The van der Waals surface area contributed by atoms with Crippen LogP contribution in [0.2, 0.25) is 0 Å². The maximum Gasteiger partial charge on any atom is 0.311 e. The minimum Gasteiger partial charge on any atom is -0.493 e. The Bertz CT molecular complexity index is 1320. The van der Waals surface area contributed by atoms with Crippen molar-refractivity contribution >= 4 is 16.7 Å². The number of fused-ring (bicyclic) bond motifs is 5. The van der Waals surface area contributed by atoms with E-state index in [1.807, 2.05) is 13.0 Å². The first-order chi connectivity index (χ1) is 18.6. The Morgan fingerprint density at radius 2 is 1.71 bits per heavy atom. The summed E-state index contributed by atoms with van der Waals surface area (Å²) in [4.78, 5) is 12.6. The molecule has 0 unspecified atom stereocenters. The summed E-state index contributed by atoms with van der Waals surface area (Å²) in [6.07, 6.45) is 13.9. The molecule has 6 heteroatoms. The van der Waals surface area contributed by atoms with E-state index >= 15 is 0 Å². The molecule has 2 aliphatic rings. The molecule has 202 valence electrons. The molecule has 0 spiro atoms. The molecule has 0 saturated carbocycles. The summed E-state index contributed by atoms with van der Waals surface area (Å²) in [6.45, 7) is 5.36. The molecule has 0 fully saturated rings. The number of aryl methyl sites for hydroxylation is 3. The van der Waals surface area contributed by atoms with Crippen LogP contribution >= 0.6 is 0 Å². The number of carbonyl (C=O) groups is 1. The van der Waals surface area contributed by atoms with Gasteiger partial charge in [-0.2, -0.15) is 4.57 Å². The number of carbonyl (C=O) groups excluding carboxylic acids is 1. The first-order valence-corrected chi connectivity index (χ1v) is 14.3. The minimum atomic E-state index is -0.229. The van der Waals surface area contributed by atoms with Gasteiger partial charge in [0.1, 0.15) is 0 Å². The molecule has 3 aromatic rings. The fourth-order valence-corrected chi connectivity index (χ4v) is 5.78. The van der Waals surface area contributed by atoms with Crippen molar-refractivity contribution < 1.29 is 28.3 Å². The standard InChI is InChI=1S/C32H40NO5/c1-4-6-7-8-9-10-11-13-24-23-14-15-27(35-3)32(38-30(34)12-5-2)26(23)20-33-17-16-22-18-28-29(37-21-36-28)19-25(22)31(24)33/h14-15,18-20H,4-13,16-17,21H2,1-3H3/q+1. The Morgan fingerprint density at radius 3 is 2.47 bits per heavy atom. The van der Waals surface area contributed by atoms with Crippen LogP contribution in [0, 0.1) is 0 Å². The number of ether oxygens (including phenoxy) is 4. The van der Waals surface area contributed by atoms with Crippen molar-refractivity contribution in [3.63, 3.8) is 0 Å². The van der Waals surface area contributed by atoms with Crippen LogP contribution in [0.25, 0.3) is 22.0 Å². The lowest BCUT2D eigenvalue weighted by Gasteiger charge is -2.21. The van der Waals surface area contributed by atoms with Crippen LogP contribution in [-0.4, -0.2) is 19.9 Å². The van der Waals surface area contributed by atoms with E-state index in [1.54, 1.807) is 7.11 Å². The third-order valence-corrected chi connectivity index (χ3v) is 7.74. The summed E-state index contributed by atoms with van der Waals surface area (Å²) in [5.41, 5.74) is 5.03. The molecule has 0 saturated heterocycles. The molecule has 6 nitrogen and oxygen atoms in total. The maximum absolute atomic E-state index is 12.6. The van der Waals surface area contributed by atoms with E-state index in [1.165, 1.54) is 60.9 Å². The number of esters is 1. The Kier molecular flexibility index (Phi) is 8.35. The van der Waals surface area contributed by atoms with Crippen LogP contribution in [0.1, 0.15) is 82.8 Å². The van der Waals surface area contributed by atoms with Gasteiger partial charge in [0.15, 0.2) is 35.7 Å². The van der Waals surface area contributed by atoms with Gasteiger partial charge < -0.3 is 18.9 Å². The van der Waals surface area contributed by atoms with Crippen LogP contribution in [-0.2, 0) is 24.2 Å². The quantitative estimate of drug-likeness (QED) is 0.111. The summed E-state index contributed by atoms with van der Waals surface area (Å²) in [7, 11) is 1.63. The van der Waals surface area contributed by atoms with E-state index in [4.69, 9.17) is 18.9 Å². The minimum absolute atomic E-state index is 0.229. The van der Waals surface area contributed by atoms with Gasteiger partial charge in [0.05, 0.1) is 18.1 Å². The normalized spacial score (nSPS) is 13.3. The van der Waals surface area contributed by atoms with Gasteiger partial charge in [-0.25, -0.2) is 0 Å². The van der Waals surface area contributed by atoms with Crippen LogP contribution < -0.4 is 23.5 Å². The third-order valence-electron chi connectivity index (χ3n) is 7.74. The lowest BCUT2D eigenvalue weighted by Crippen LogP contribution is -2.41. The van der Waals surface area contributed by atoms with Gasteiger partial charge in [-0.05, 0) is 49.1 Å². The van der Waals surface area contributed by atoms with Crippen molar-refractivity contribution in [2.75, 3.05) is 13.9 Å². The first-order valence-electron chi connectivity index (χ1n) is 14.3. The highest BCUT2D eigenvalue weighted by molar-refractivity contribution is 5.96. The number of pyridine rings is 1. The van der Waals surface area contributed by atoms with Crippen molar-refractivity contribution in [1.29, 1.82) is 0 Å². The Hall–Kier alpha value is -3.28.